The number of ether oxygens (including phenoxy) is 2. The van der Waals surface area contributed by atoms with E-state index in [2.05, 4.69) is 29.0 Å². The first-order chi connectivity index (χ1) is 16.1. The Morgan fingerprint density at radius 1 is 1.15 bits per heavy atom. The Hall–Kier alpha value is -2.28. The molecule has 2 aromatic rings. The molecule has 2 unspecified atom stereocenters. The highest BCUT2D eigenvalue weighted by Gasteiger charge is 2.31. The number of rotatable bonds is 11. The highest BCUT2D eigenvalue weighted by molar-refractivity contribution is 6.30. The summed E-state index contributed by atoms with van der Waals surface area (Å²) in [6, 6.07) is 14.2. The SMILES string of the molecule is CCOC(=O)NC1CCc2ccc(OCCNOCC3CC3)cc2C1Cc1cccc(Cl)c1. The predicted octanol–water partition coefficient (Wildman–Crippen LogP) is 5.04. The van der Waals surface area contributed by atoms with Gasteiger partial charge in [0.15, 0.2) is 0 Å². The molecule has 0 aromatic heterocycles. The van der Waals surface area contributed by atoms with Crippen LogP contribution in [0.4, 0.5) is 4.79 Å². The second kappa shape index (κ2) is 11.7. The summed E-state index contributed by atoms with van der Waals surface area (Å²) in [6.45, 7) is 4.09. The van der Waals surface area contributed by atoms with Crippen LogP contribution in [0.1, 0.15) is 48.8 Å². The molecular formula is C26H33ClN2O4. The molecule has 1 amide bonds. The van der Waals surface area contributed by atoms with E-state index in [1.54, 1.807) is 0 Å². The molecule has 2 aromatic carbocycles. The molecule has 2 aliphatic rings. The second-order valence-corrected chi connectivity index (χ2v) is 9.24. The number of amides is 1. The van der Waals surface area contributed by atoms with Gasteiger partial charge in [0.1, 0.15) is 12.4 Å². The lowest BCUT2D eigenvalue weighted by Gasteiger charge is -2.34. The van der Waals surface area contributed by atoms with Gasteiger partial charge in [0.2, 0.25) is 0 Å². The van der Waals surface area contributed by atoms with Gasteiger partial charge in [-0.2, -0.15) is 5.48 Å². The van der Waals surface area contributed by atoms with E-state index < -0.39 is 0 Å². The fraction of sp³-hybridized carbons (Fsp3) is 0.500. The van der Waals surface area contributed by atoms with Gasteiger partial charge in [-0.3, -0.25) is 0 Å². The summed E-state index contributed by atoms with van der Waals surface area (Å²) in [5, 5.41) is 3.80. The van der Waals surface area contributed by atoms with E-state index >= 15 is 0 Å². The zero-order chi connectivity index (χ0) is 23.0. The highest BCUT2D eigenvalue weighted by atomic mass is 35.5. The average Bonchev–Trinajstić information content (AvgIpc) is 3.62. The van der Waals surface area contributed by atoms with Gasteiger partial charge in [0.25, 0.3) is 0 Å². The number of hydrogen-bond donors (Lipinski definition) is 2. The molecule has 0 heterocycles. The minimum absolute atomic E-state index is 0.0247. The van der Waals surface area contributed by atoms with E-state index in [1.807, 2.05) is 31.2 Å². The predicted molar refractivity (Wildman–Crippen MR) is 129 cm³/mol. The maximum absolute atomic E-state index is 12.2. The van der Waals surface area contributed by atoms with Crippen LogP contribution in [0.2, 0.25) is 5.02 Å². The van der Waals surface area contributed by atoms with E-state index in [-0.39, 0.29) is 18.1 Å². The fourth-order valence-electron chi connectivity index (χ4n) is 4.38. The molecular weight excluding hydrogens is 440 g/mol. The molecule has 2 atom stereocenters. The average molecular weight is 473 g/mol. The summed E-state index contributed by atoms with van der Waals surface area (Å²) in [7, 11) is 0. The fourth-order valence-corrected chi connectivity index (χ4v) is 4.59. The number of carbonyl (C=O) groups excluding carboxylic acids is 1. The number of nitrogens with one attached hydrogen (secondary N) is 2. The molecule has 6 nitrogen and oxygen atoms in total. The summed E-state index contributed by atoms with van der Waals surface area (Å²) in [5.74, 6) is 1.65. The molecule has 1 fully saturated rings. The minimum atomic E-state index is -0.369. The van der Waals surface area contributed by atoms with Crippen molar-refractivity contribution in [2.24, 2.45) is 5.92 Å². The van der Waals surface area contributed by atoms with E-state index in [4.69, 9.17) is 25.9 Å². The number of fused-ring (bicyclic) bond motifs is 1. The Morgan fingerprint density at radius 3 is 2.82 bits per heavy atom. The van der Waals surface area contributed by atoms with Gasteiger partial charge in [0.05, 0.1) is 19.8 Å². The van der Waals surface area contributed by atoms with Gasteiger partial charge in [0, 0.05) is 17.0 Å². The second-order valence-electron chi connectivity index (χ2n) is 8.81. The monoisotopic (exact) mass is 472 g/mol. The maximum Gasteiger partial charge on any atom is 0.407 e. The van der Waals surface area contributed by atoms with E-state index in [9.17, 15) is 4.79 Å². The molecule has 7 heteroatoms. The van der Waals surface area contributed by atoms with Crippen LogP contribution in [-0.4, -0.2) is 38.5 Å². The summed E-state index contributed by atoms with van der Waals surface area (Å²) >= 11 is 6.24. The molecule has 1 saturated carbocycles. The zero-order valence-electron chi connectivity index (χ0n) is 19.1. The number of aryl methyl sites for hydroxylation is 1. The van der Waals surface area contributed by atoms with Gasteiger partial charge in [-0.15, -0.1) is 0 Å². The van der Waals surface area contributed by atoms with Crippen molar-refractivity contribution in [2.45, 2.75) is 51.0 Å². The highest BCUT2D eigenvalue weighted by Crippen LogP contribution is 2.37. The Morgan fingerprint density at radius 2 is 2.03 bits per heavy atom. The van der Waals surface area contributed by atoms with Crippen molar-refractivity contribution in [1.82, 2.24) is 10.8 Å². The number of benzene rings is 2. The number of hydroxylamine groups is 1. The van der Waals surface area contributed by atoms with E-state index in [0.717, 1.165) is 43.1 Å². The molecule has 0 spiro atoms. The third-order valence-corrected chi connectivity index (χ3v) is 6.48. The Labute approximate surface area is 200 Å². The lowest BCUT2D eigenvalue weighted by molar-refractivity contribution is 0.0273. The number of hydrogen-bond acceptors (Lipinski definition) is 5. The number of halogens is 1. The van der Waals surface area contributed by atoms with Crippen LogP contribution in [0.15, 0.2) is 42.5 Å². The Bertz CT molecular complexity index is 934. The van der Waals surface area contributed by atoms with E-state index in [1.165, 1.54) is 24.0 Å². The molecule has 0 radical (unpaired) electrons. The molecule has 2 N–H and O–H groups in total. The lowest BCUT2D eigenvalue weighted by atomic mass is 9.76. The van der Waals surface area contributed by atoms with Crippen LogP contribution in [0.3, 0.4) is 0 Å². The summed E-state index contributed by atoms with van der Waals surface area (Å²) in [4.78, 5) is 17.7. The van der Waals surface area contributed by atoms with Gasteiger partial charge >= 0.3 is 6.09 Å². The third kappa shape index (κ3) is 7.10. The largest absolute Gasteiger partial charge is 0.492 e. The molecule has 4 rings (SSSR count). The van der Waals surface area contributed by atoms with Gasteiger partial charge in [-0.1, -0.05) is 29.8 Å². The quantitative estimate of drug-likeness (QED) is 0.354. The van der Waals surface area contributed by atoms with Crippen LogP contribution in [0, 0.1) is 5.92 Å². The lowest BCUT2D eigenvalue weighted by Crippen LogP contribution is -2.43. The van der Waals surface area contributed by atoms with Gasteiger partial charge in [-0.25, -0.2) is 4.79 Å². The van der Waals surface area contributed by atoms with Crippen molar-refractivity contribution in [3.05, 3.63) is 64.2 Å². The summed E-state index contributed by atoms with van der Waals surface area (Å²) in [5.41, 5.74) is 6.62. The molecule has 0 saturated heterocycles. The van der Waals surface area contributed by atoms with Crippen molar-refractivity contribution < 1.29 is 19.1 Å². The van der Waals surface area contributed by atoms with Crippen molar-refractivity contribution in [3.63, 3.8) is 0 Å². The normalized spacial score (nSPS) is 19.6. The topological polar surface area (TPSA) is 68.8 Å². The van der Waals surface area contributed by atoms with Crippen LogP contribution in [0.25, 0.3) is 0 Å². The van der Waals surface area contributed by atoms with Crippen molar-refractivity contribution in [3.8, 4) is 5.75 Å². The first-order valence-electron chi connectivity index (χ1n) is 11.9. The van der Waals surface area contributed by atoms with Gasteiger partial charge in [-0.05, 0) is 85.9 Å². The molecule has 0 bridgehead atoms. The first kappa shape index (κ1) is 23.9. The van der Waals surface area contributed by atoms with E-state index in [0.29, 0.717) is 24.8 Å². The minimum Gasteiger partial charge on any atom is -0.492 e. The molecule has 178 valence electrons. The van der Waals surface area contributed by atoms with Crippen LogP contribution >= 0.6 is 11.6 Å². The van der Waals surface area contributed by atoms with Gasteiger partial charge < -0.3 is 19.6 Å². The zero-order valence-corrected chi connectivity index (χ0v) is 19.9. The smallest absolute Gasteiger partial charge is 0.407 e. The summed E-state index contributed by atoms with van der Waals surface area (Å²) in [6.07, 6.45) is 4.71. The number of carbonyl (C=O) groups is 1. The van der Waals surface area contributed by atoms with Crippen LogP contribution in [-0.2, 0) is 22.4 Å². The van der Waals surface area contributed by atoms with Crippen molar-refractivity contribution in [2.75, 3.05) is 26.4 Å². The Balaban J connectivity index is 1.45. The molecule has 33 heavy (non-hydrogen) atoms. The van der Waals surface area contributed by atoms with Crippen LogP contribution in [0.5, 0.6) is 5.75 Å². The maximum atomic E-state index is 12.2. The Kier molecular flexibility index (Phi) is 8.48. The van der Waals surface area contributed by atoms with Crippen LogP contribution < -0.4 is 15.5 Å². The van der Waals surface area contributed by atoms with Crippen molar-refractivity contribution >= 4 is 17.7 Å². The standard InChI is InChI=1S/C26H33ClN2O4/c1-2-31-26(30)29-25-11-9-20-8-10-22(32-13-12-28-33-17-18-6-7-18)16-23(20)24(25)15-19-4-3-5-21(27)14-19/h3-5,8,10,14,16,18,24-25,28H,2,6-7,9,11-13,15,17H2,1H3,(H,29,30). The molecule has 2 aliphatic carbocycles. The number of alkyl carbamates (subject to hydrolysis) is 1. The summed E-state index contributed by atoms with van der Waals surface area (Å²) < 4.78 is 11.2. The molecule has 0 aliphatic heterocycles. The van der Waals surface area contributed by atoms with Crippen molar-refractivity contribution in [1.29, 1.82) is 0 Å². The first-order valence-corrected chi connectivity index (χ1v) is 12.3. The third-order valence-electron chi connectivity index (χ3n) is 6.24.